The van der Waals surface area contributed by atoms with Crippen molar-refractivity contribution in [2.45, 2.75) is 51.0 Å². The Morgan fingerprint density at radius 2 is 1.90 bits per heavy atom. The van der Waals surface area contributed by atoms with Crippen LogP contribution in [0.3, 0.4) is 0 Å². The summed E-state index contributed by atoms with van der Waals surface area (Å²) in [7, 11) is 0. The van der Waals surface area contributed by atoms with Gasteiger partial charge in [0.25, 0.3) is 5.91 Å². The molecule has 2 aromatic carbocycles. The lowest BCUT2D eigenvalue weighted by Crippen LogP contribution is -2.51. The zero-order valence-corrected chi connectivity index (χ0v) is 21.4. The predicted molar refractivity (Wildman–Crippen MR) is 134 cm³/mol. The summed E-state index contributed by atoms with van der Waals surface area (Å²) < 4.78 is 46.7. The Labute approximate surface area is 222 Å². The van der Waals surface area contributed by atoms with Crippen LogP contribution in [-0.4, -0.2) is 52.2 Å². The first-order chi connectivity index (χ1) is 18.8. The number of benzene rings is 2. The number of halogens is 2. The van der Waals surface area contributed by atoms with Gasteiger partial charge in [0.1, 0.15) is 0 Å². The molecule has 204 valence electrons. The summed E-state index contributed by atoms with van der Waals surface area (Å²) in [6.45, 7) is 3.47. The summed E-state index contributed by atoms with van der Waals surface area (Å²) in [5.74, 6) is -3.60. The molecule has 1 amide bonds. The zero-order valence-electron chi connectivity index (χ0n) is 21.4. The van der Waals surface area contributed by atoms with Crippen molar-refractivity contribution in [3.05, 3.63) is 93.4 Å². The van der Waals surface area contributed by atoms with E-state index in [1.807, 2.05) is 6.07 Å². The fourth-order valence-corrected chi connectivity index (χ4v) is 5.51. The van der Waals surface area contributed by atoms with Gasteiger partial charge in [-0.05, 0) is 31.4 Å². The quantitative estimate of drug-likeness (QED) is 0.324. The summed E-state index contributed by atoms with van der Waals surface area (Å²) in [5, 5.41) is 4.32. The number of aromatic nitrogens is 2. The molecular formula is C28H27F2N3O6. The molecular weight excluding hydrogens is 512 g/mol. The Morgan fingerprint density at radius 3 is 2.64 bits per heavy atom. The SMILES string of the molecule is CCOC(=O)OC(C)Oc1c2n(ncc1=O)[C@@H]([C@H](c1ccccc1)c1cccc(F)c1F)[C@H]1CCCN1C2=O. The molecule has 0 spiro atoms. The van der Waals surface area contributed by atoms with Crippen LogP contribution in [0.25, 0.3) is 0 Å². The number of carbonyl (C=O) groups is 2. The van der Waals surface area contributed by atoms with E-state index < -0.39 is 53.4 Å². The molecule has 1 unspecified atom stereocenters. The Kier molecular flexibility index (Phi) is 7.32. The predicted octanol–water partition coefficient (Wildman–Crippen LogP) is 4.41. The van der Waals surface area contributed by atoms with Crippen LogP contribution >= 0.6 is 0 Å². The average molecular weight is 540 g/mol. The maximum absolute atomic E-state index is 15.4. The molecule has 0 N–H and O–H groups in total. The van der Waals surface area contributed by atoms with E-state index in [2.05, 4.69) is 5.10 Å². The molecule has 9 nitrogen and oxygen atoms in total. The smallest absolute Gasteiger partial charge is 0.448 e. The third-order valence-corrected chi connectivity index (χ3v) is 7.03. The van der Waals surface area contributed by atoms with E-state index >= 15 is 4.39 Å². The fourth-order valence-electron chi connectivity index (χ4n) is 5.51. The van der Waals surface area contributed by atoms with E-state index in [4.69, 9.17) is 14.2 Å². The fraction of sp³-hybridized carbons (Fsp3) is 0.357. The lowest BCUT2D eigenvalue weighted by Gasteiger charge is -2.43. The van der Waals surface area contributed by atoms with E-state index in [9.17, 15) is 18.8 Å². The maximum Gasteiger partial charge on any atom is 0.511 e. The van der Waals surface area contributed by atoms with Crippen molar-refractivity contribution >= 4 is 12.1 Å². The maximum atomic E-state index is 15.4. The highest BCUT2D eigenvalue weighted by molar-refractivity contribution is 5.96. The molecule has 2 aliphatic heterocycles. The molecule has 1 saturated heterocycles. The second-order valence-corrected chi connectivity index (χ2v) is 9.35. The van der Waals surface area contributed by atoms with Gasteiger partial charge in [0, 0.05) is 24.9 Å². The van der Waals surface area contributed by atoms with Crippen LogP contribution in [0.15, 0.2) is 59.5 Å². The van der Waals surface area contributed by atoms with Crippen molar-refractivity contribution in [1.29, 1.82) is 0 Å². The van der Waals surface area contributed by atoms with Crippen molar-refractivity contribution in [1.82, 2.24) is 14.7 Å². The van der Waals surface area contributed by atoms with Gasteiger partial charge in [-0.2, -0.15) is 5.10 Å². The minimum absolute atomic E-state index is 0.0763. The molecule has 0 radical (unpaired) electrons. The number of nitrogens with zero attached hydrogens (tertiary/aromatic N) is 3. The molecule has 3 heterocycles. The lowest BCUT2D eigenvalue weighted by molar-refractivity contribution is -0.0534. The first-order valence-corrected chi connectivity index (χ1v) is 12.7. The van der Waals surface area contributed by atoms with Crippen molar-refractivity contribution < 1.29 is 32.6 Å². The van der Waals surface area contributed by atoms with Gasteiger partial charge in [0.2, 0.25) is 17.5 Å². The van der Waals surface area contributed by atoms with Crippen LogP contribution < -0.4 is 10.2 Å². The highest BCUT2D eigenvalue weighted by atomic mass is 19.2. The van der Waals surface area contributed by atoms with Gasteiger partial charge < -0.3 is 19.1 Å². The minimum atomic E-state index is -1.27. The van der Waals surface area contributed by atoms with Gasteiger partial charge in [-0.3, -0.25) is 14.3 Å². The third kappa shape index (κ3) is 4.84. The number of amides is 1. The van der Waals surface area contributed by atoms with E-state index in [-0.39, 0.29) is 23.6 Å². The van der Waals surface area contributed by atoms with Crippen molar-refractivity contribution in [3.8, 4) is 5.75 Å². The second-order valence-electron chi connectivity index (χ2n) is 9.35. The van der Waals surface area contributed by atoms with E-state index in [0.717, 1.165) is 12.3 Å². The first kappa shape index (κ1) is 26.3. The van der Waals surface area contributed by atoms with Gasteiger partial charge in [-0.15, -0.1) is 0 Å². The summed E-state index contributed by atoms with van der Waals surface area (Å²) in [5.41, 5.74) is -0.0670. The van der Waals surface area contributed by atoms with Crippen LogP contribution in [0.5, 0.6) is 5.75 Å². The number of fused-ring (bicyclic) bond motifs is 2. The molecule has 3 aromatic rings. The molecule has 39 heavy (non-hydrogen) atoms. The molecule has 1 fully saturated rings. The average Bonchev–Trinajstić information content (AvgIpc) is 3.41. The summed E-state index contributed by atoms with van der Waals surface area (Å²) in [6, 6.07) is 11.9. The highest BCUT2D eigenvalue weighted by Crippen LogP contribution is 2.46. The molecule has 0 aliphatic carbocycles. The van der Waals surface area contributed by atoms with E-state index in [1.54, 1.807) is 36.1 Å². The monoisotopic (exact) mass is 539 g/mol. The van der Waals surface area contributed by atoms with Gasteiger partial charge in [0.05, 0.1) is 24.9 Å². The molecule has 4 atom stereocenters. The highest BCUT2D eigenvalue weighted by Gasteiger charge is 2.49. The van der Waals surface area contributed by atoms with Gasteiger partial charge in [-0.25, -0.2) is 13.6 Å². The lowest BCUT2D eigenvalue weighted by atomic mass is 9.79. The summed E-state index contributed by atoms with van der Waals surface area (Å²) in [4.78, 5) is 40.1. The minimum Gasteiger partial charge on any atom is -0.448 e. The van der Waals surface area contributed by atoms with Crippen LogP contribution in [0, 0.1) is 11.6 Å². The van der Waals surface area contributed by atoms with Gasteiger partial charge >= 0.3 is 6.16 Å². The standard InChI is InChI=1S/C28H27F2N3O6/c1-3-37-28(36)39-16(2)38-26-21(34)15-31-33-24(20-13-8-14-32(20)27(35)25(26)33)22(17-9-5-4-6-10-17)18-11-7-12-19(29)23(18)30/h4-7,9-12,15-16,20,22,24H,3,8,13-14H2,1-2H3/t16?,20-,22-,24-/m1/s1. The van der Waals surface area contributed by atoms with E-state index in [1.165, 1.54) is 23.7 Å². The molecule has 11 heteroatoms. The van der Waals surface area contributed by atoms with Gasteiger partial charge in [-0.1, -0.05) is 42.5 Å². The molecule has 0 saturated carbocycles. The van der Waals surface area contributed by atoms with Crippen LogP contribution in [-0.2, 0) is 9.47 Å². The third-order valence-electron chi connectivity index (χ3n) is 7.03. The van der Waals surface area contributed by atoms with Gasteiger partial charge in [0.15, 0.2) is 17.3 Å². The van der Waals surface area contributed by atoms with E-state index in [0.29, 0.717) is 24.9 Å². The Balaban J connectivity index is 1.68. The molecule has 2 aliphatic rings. The van der Waals surface area contributed by atoms with Crippen LogP contribution in [0.2, 0.25) is 0 Å². The van der Waals surface area contributed by atoms with Crippen molar-refractivity contribution in [2.75, 3.05) is 13.2 Å². The number of ether oxygens (including phenoxy) is 3. The van der Waals surface area contributed by atoms with Crippen LogP contribution in [0.1, 0.15) is 60.3 Å². The van der Waals surface area contributed by atoms with Crippen molar-refractivity contribution in [3.63, 3.8) is 0 Å². The largest absolute Gasteiger partial charge is 0.511 e. The topological polar surface area (TPSA) is 100.0 Å². The number of carbonyl (C=O) groups excluding carboxylic acids is 2. The van der Waals surface area contributed by atoms with Crippen molar-refractivity contribution in [2.24, 2.45) is 0 Å². The normalized spacial score (nSPS) is 19.6. The first-order valence-electron chi connectivity index (χ1n) is 12.7. The molecule has 5 rings (SSSR count). The summed E-state index contributed by atoms with van der Waals surface area (Å²) >= 11 is 0. The molecule has 1 aromatic heterocycles. The molecule has 0 bridgehead atoms. The Bertz CT molecular complexity index is 1450. The number of hydrogen-bond acceptors (Lipinski definition) is 7. The zero-order chi connectivity index (χ0) is 27.7. The van der Waals surface area contributed by atoms with Crippen LogP contribution in [0.4, 0.5) is 13.6 Å². The number of rotatable bonds is 7. The second kappa shape index (κ2) is 10.8. The number of hydrogen-bond donors (Lipinski definition) is 0. The summed E-state index contributed by atoms with van der Waals surface area (Å²) in [6.07, 6.45) is 0.0181. The Morgan fingerprint density at radius 1 is 1.13 bits per heavy atom. The Hall–Kier alpha value is -4.28.